The number of nitrogens with two attached hydrogens (primary N) is 2. The maximum Gasteiger partial charge on any atom is 0.238 e. The molecule has 0 radical (unpaired) electrons. The van der Waals surface area contributed by atoms with Crippen LogP contribution in [0.5, 0.6) is 0 Å². The fourth-order valence-electron chi connectivity index (χ4n) is 3.12. The lowest BCUT2D eigenvalue weighted by Gasteiger charge is -2.03. The van der Waals surface area contributed by atoms with E-state index in [0.717, 1.165) is 5.56 Å². The van der Waals surface area contributed by atoms with E-state index in [1.54, 1.807) is 41.4 Å². The molecule has 5 N–H and O–H groups in total. The third-order valence-electron chi connectivity index (χ3n) is 4.80. The van der Waals surface area contributed by atoms with Gasteiger partial charge in [-0.1, -0.05) is 30.3 Å². The molecule has 0 bridgehead atoms. The number of nitrogens with zero attached hydrogens (tertiary/aromatic N) is 3. The Morgan fingerprint density at radius 1 is 0.794 bits per heavy atom. The van der Waals surface area contributed by atoms with Gasteiger partial charge in [-0.3, -0.25) is 5.43 Å². The minimum absolute atomic E-state index is 0.00289. The Bertz CT molecular complexity index is 1550. The van der Waals surface area contributed by atoms with Crippen molar-refractivity contribution < 1.29 is 16.8 Å². The van der Waals surface area contributed by atoms with Crippen LogP contribution >= 0.6 is 0 Å². The molecule has 1 aromatic heterocycles. The molecular formula is C22H20N6O4S2. The smallest absolute Gasteiger partial charge is 0.238 e. The van der Waals surface area contributed by atoms with Crippen molar-refractivity contribution in [1.29, 1.82) is 0 Å². The predicted molar refractivity (Wildman–Crippen MR) is 129 cm³/mol. The molecule has 0 atom stereocenters. The van der Waals surface area contributed by atoms with Gasteiger partial charge in [-0.25, -0.2) is 31.8 Å². The van der Waals surface area contributed by atoms with E-state index in [-0.39, 0.29) is 9.79 Å². The third-order valence-corrected chi connectivity index (χ3v) is 6.66. The van der Waals surface area contributed by atoms with Crippen molar-refractivity contribution in [3.05, 3.63) is 90.6 Å². The van der Waals surface area contributed by atoms with Crippen LogP contribution in [-0.2, 0) is 20.0 Å². The molecule has 3 aromatic carbocycles. The zero-order valence-electron chi connectivity index (χ0n) is 17.6. The van der Waals surface area contributed by atoms with E-state index in [4.69, 9.17) is 10.3 Å². The number of aromatic nitrogens is 2. The Labute approximate surface area is 196 Å². The van der Waals surface area contributed by atoms with Crippen molar-refractivity contribution >= 4 is 31.9 Å². The van der Waals surface area contributed by atoms with Gasteiger partial charge in [-0.15, -0.1) is 0 Å². The number of rotatable bonds is 7. The zero-order chi connectivity index (χ0) is 24.3. The molecule has 34 heavy (non-hydrogen) atoms. The van der Waals surface area contributed by atoms with Crippen LogP contribution < -0.4 is 15.7 Å². The maximum atomic E-state index is 11.5. The molecule has 4 aromatic rings. The SMILES string of the molecule is NS(=O)(=O)c1ccc(N/N=C\c2cn(-c3ccc(S(N)(=O)=O)cc3)nc2-c2ccccc2)cc1. The van der Waals surface area contributed by atoms with Crippen molar-refractivity contribution in [2.24, 2.45) is 15.4 Å². The van der Waals surface area contributed by atoms with Crippen molar-refractivity contribution in [2.45, 2.75) is 9.79 Å². The van der Waals surface area contributed by atoms with Crippen LogP contribution in [0.2, 0.25) is 0 Å². The fraction of sp³-hybridized carbons (Fsp3) is 0. The second-order valence-corrected chi connectivity index (χ2v) is 10.3. The summed E-state index contributed by atoms with van der Waals surface area (Å²) >= 11 is 0. The van der Waals surface area contributed by atoms with E-state index in [2.05, 4.69) is 15.6 Å². The largest absolute Gasteiger partial charge is 0.279 e. The van der Waals surface area contributed by atoms with E-state index in [0.29, 0.717) is 22.6 Å². The number of hydrogen-bond donors (Lipinski definition) is 3. The average molecular weight is 497 g/mol. The Morgan fingerprint density at radius 2 is 1.35 bits per heavy atom. The van der Waals surface area contributed by atoms with E-state index >= 15 is 0 Å². The van der Waals surface area contributed by atoms with Crippen molar-refractivity contribution in [2.75, 3.05) is 5.43 Å². The summed E-state index contributed by atoms with van der Waals surface area (Å²) in [6, 6.07) is 21.4. The summed E-state index contributed by atoms with van der Waals surface area (Å²) in [5, 5.41) is 19.2. The number of anilines is 1. The summed E-state index contributed by atoms with van der Waals surface area (Å²) in [7, 11) is -7.57. The van der Waals surface area contributed by atoms with Gasteiger partial charge in [-0.05, 0) is 48.5 Å². The number of nitrogens with one attached hydrogen (secondary N) is 1. The van der Waals surface area contributed by atoms with Crippen LogP contribution in [0.25, 0.3) is 16.9 Å². The third kappa shape index (κ3) is 5.38. The van der Waals surface area contributed by atoms with Gasteiger partial charge in [-0.2, -0.15) is 10.2 Å². The molecule has 174 valence electrons. The first-order chi connectivity index (χ1) is 16.1. The normalized spacial score (nSPS) is 12.2. The first kappa shape index (κ1) is 23.3. The lowest BCUT2D eigenvalue weighted by molar-refractivity contribution is 0.596. The highest BCUT2D eigenvalue weighted by molar-refractivity contribution is 7.89. The Hall–Kier alpha value is -3.84. The van der Waals surface area contributed by atoms with Gasteiger partial charge >= 0.3 is 0 Å². The number of primary sulfonamides is 2. The molecule has 0 fully saturated rings. The van der Waals surface area contributed by atoms with E-state index in [1.807, 2.05) is 30.3 Å². The molecule has 1 heterocycles. The number of hydrogen-bond acceptors (Lipinski definition) is 7. The van der Waals surface area contributed by atoms with Gasteiger partial charge in [0.15, 0.2) is 0 Å². The molecule has 0 saturated carbocycles. The van der Waals surface area contributed by atoms with E-state index in [9.17, 15) is 16.8 Å². The standard InChI is InChI=1S/C22H20N6O4S2/c23-33(29,30)20-10-6-18(7-11-20)26-25-14-17-15-28(27-22(17)16-4-2-1-3-5-16)19-8-12-21(13-9-19)34(24,31)32/h1-15,26H,(H2,23,29,30)(H2,24,31,32)/b25-14-. The van der Waals surface area contributed by atoms with Crippen molar-refractivity contribution in [1.82, 2.24) is 9.78 Å². The maximum absolute atomic E-state index is 11.5. The predicted octanol–water partition coefficient (Wildman–Crippen LogP) is 2.28. The highest BCUT2D eigenvalue weighted by Crippen LogP contribution is 2.23. The highest BCUT2D eigenvalue weighted by atomic mass is 32.2. The summed E-state index contributed by atoms with van der Waals surface area (Å²) in [6.07, 6.45) is 3.34. The van der Waals surface area contributed by atoms with Crippen LogP contribution in [0.15, 0.2) is 100.0 Å². The molecule has 0 spiro atoms. The van der Waals surface area contributed by atoms with Gasteiger partial charge in [0.25, 0.3) is 0 Å². The van der Waals surface area contributed by atoms with Crippen LogP contribution in [0, 0.1) is 0 Å². The second kappa shape index (κ2) is 9.19. The summed E-state index contributed by atoms with van der Waals surface area (Å²) in [6.45, 7) is 0. The summed E-state index contributed by atoms with van der Waals surface area (Å²) in [5.41, 5.74) is 6.25. The van der Waals surface area contributed by atoms with Crippen LogP contribution in [0.4, 0.5) is 5.69 Å². The first-order valence-electron chi connectivity index (χ1n) is 9.81. The van der Waals surface area contributed by atoms with Gasteiger partial charge < -0.3 is 0 Å². The topological polar surface area (TPSA) is 163 Å². The van der Waals surface area contributed by atoms with Crippen molar-refractivity contribution in [3.63, 3.8) is 0 Å². The second-order valence-electron chi connectivity index (χ2n) is 7.22. The fourth-order valence-corrected chi connectivity index (χ4v) is 4.15. The molecular weight excluding hydrogens is 476 g/mol. The Morgan fingerprint density at radius 3 is 1.91 bits per heavy atom. The molecule has 0 saturated heterocycles. The van der Waals surface area contributed by atoms with Gasteiger partial charge in [0.1, 0.15) is 5.69 Å². The summed E-state index contributed by atoms with van der Waals surface area (Å²) in [5.74, 6) is 0. The van der Waals surface area contributed by atoms with E-state index in [1.165, 1.54) is 24.3 Å². The number of benzene rings is 3. The van der Waals surface area contributed by atoms with Crippen LogP contribution in [-0.4, -0.2) is 32.8 Å². The van der Waals surface area contributed by atoms with Gasteiger partial charge in [0.2, 0.25) is 20.0 Å². The monoisotopic (exact) mass is 496 g/mol. The molecule has 0 aliphatic rings. The van der Waals surface area contributed by atoms with Crippen molar-refractivity contribution in [3.8, 4) is 16.9 Å². The molecule has 0 unspecified atom stereocenters. The number of hydrazone groups is 1. The Kier molecular flexibility index (Phi) is 6.30. The number of sulfonamides is 2. The van der Waals surface area contributed by atoms with Gasteiger partial charge in [0.05, 0.1) is 27.4 Å². The molecule has 0 aliphatic heterocycles. The molecule has 0 amide bonds. The summed E-state index contributed by atoms with van der Waals surface area (Å²) < 4.78 is 47.4. The highest BCUT2D eigenvalue weighted by Gasteiger charge is 2.13. The van der Waals surface area contributed by atoms with Crippen LogP contribution in [0.3, 0.4) is 0 Å². The zero-order valence-corrected chi connectivity index (χ0v) is 19.2. The lowest BCUT2D eigenvalue weighted by Crippen LogP contribution is -2.12. The van der Waals surface area contributed by atoms with Gasteiger partial charge in [0, 0.05) is 17.3 Å². The quantitative estimate of drug-likeness (QED) is 0.262. The summed E-state index contributed by atoms with van der Waals surface area (Å²) in [4.78, 5) is 0.00857. The Balaban J connectivity index is 1.64. The molecule has 0 aliphatic carbocycles. The van der Waals surface area contributed by atoms with E-state index < -0.39 is 20.0 Å². The molecule has 12 heteroatoms. The van der Waals surface area contributed by atoms with Crippen LogP contribution in [0.1, 0.15) is 5.56 Å². The minimum atomic E-state index is -3.80. The first-order valence-corrected chi connectivity index (χ1v) is 12.9. The molecule has 4 rings (SSSR count). The molecule has 10 nitrogen and oxygen atoms in total. The average Bonchev–Trinajstić information content (AvgIpc) is 3.23. The lowest BCUT2D eigenvalue weighted by atomic mass is 10.1. The minimum Gasteiger partial charge on any atom is -0.279 e.